The van der Waals surface area contributed by atoms with Crippen molar-refractivity contribution in [3.05, 3.63) is 29.3 Å². The van der Waals surface area contributed by atoms with Gasteiger partial charge in [0.05, 0.1) is 52.3 Å². The average Bonchev–Trinajstić information content (AvgIpc) is 3.87. The van der Waals surface area contributed by atoms with E-state index in [2.05, 4.69) is 29.9 Å². The lowest BCUT2D eigenvalue weighted by Crippen LogP contribution is -2.39. The number of aliphatic hydroxyl groups is 1. The number of phosphoric acid groups is 1. The number of nitrogens with one attached hydrogen (secondary N) is 1. The van der Waals surface area contributed by atoms with E-state index < -0.39 is 83.3 Å². The van der Waals surface area contributed by atoms with Gasteiger partial charge >= 0.3 is 15.4 Å². The molecule has 0 amide bonds. The van der Waals surface area contributed by atoms with E-state index in [1.54, 1.807) is 0 Å². The first-order valence-corrected chi connectivity index (χ1v) is 19.7. The summed E-state index contributed by atoms with van der Waals surface area (Å²) in [5.41, 5.74) is 11.5. The van der Waals surface area contributed by atoms with Crippen molar-refractivity contribution in [1.29, 1.82) is 0 Å². The molecule has 6 rings (SSSR count). The van der Waals surface area contributed by atoms with E-state index in [1.165, 1.54) is 42.3 Å². The Hall–Kier alpha value is -3.52. The fraction of sp³-hybridized carbons (Fsp3) is 0.630. The molecule has 0 aliphatic carbocycles. The Morgan fingerprint density at radius 1 is 0.833 bits per heavy atom. The quantitative estimate of drug-likeness (QED) is 0.0501. The molecule has 8 N–H and O–H groups in total. The van der Waals surface area contributed by atoms with Crippen molar-refractivity contribution in [1.82, 2.24) is 39.0 Å². The summed E-state index contributed by atoms with van der Waals surface area (Å²) in [6.07, 6.45) is -6.50. The van der Waals surface area contributed by atoms with E-state index in [0.717, 1.165) is 6.66 Å². The van der Waals surface area contributed by atoms with Crippen LogP contribution in [0.1, 0.15) is 12.5 Å². The largest absolute Gasteiger partial charge is 0.472 e. The maximum absolute atomic E-state index is 13.7. The number of nitrogen functional groups attached to an aromatic ring is 2. The average molecular weight is 807 g/mol. The molecule has 298 valence electrons. The van der Waals surface area contributed by atoms with Crippen LogP contribution >= 0.6 is 15.4 Å². The molecule has 4 aromatic heterocycles. The number of nitrogens with zero attached hydrogens (tertiary/aromatic N) is 7. The van der Waals surface area contributed by atoms with E-state index >= 15 is 0 Å². The second-order valence-electron chi connectivity index (χ2n) is 12.1. The Labute approximate surface area is 304 Å². The van der Waals surface area contributed by atoms with Crippen molar-refractivity contribution in [3.63, 3.8) is 0 Å². The van der Waals surface area contributed by atoms with Gasteiger partial charge in [0.15, 0.2) is 35.1 Å². The molecule has 0 bridgehead atoms. The van der Waals surface area contributed by atoms with Gasteiger partial charge in [-0.2, -0.15) is 4.98 Å². The van der Waals surface area contributed by atoms with Gasteiger partial charge in [0.25, 0.3) is 5.56 Å². The first-order chi connectivity index (χ1) is 25.7. The Bertz CT molecular complexity index is 2060. The summed E-state index contributed by atoms with van der Waals surface area (Å²) < 4.78 is 78.9. The van der Waals surface area contributed by atoms with Crippen LogP contribution in [0.2, 0.25) is 0 Å². The minimum absolute atomic E-state index is 0.0101. The summed E-state index contributed by atoms with van der Waals surface area (Å²) in [4.78, 5) is 56.3. The lowest BCUT2D eigenvalue weighted by molar-refractivity contribution is -0.0814. The number of methoxy groups -OCH3 is 2. The second kappa shape index (κ2) is 16.7. The fourth-order valence-electron chi connectivity index (χ4n) is 5.91. The molecule has 6 heterocycles. The molecule has 0 spiro atoms. The molecule has 0 saturated carbocycles. The van der Waals surface area contributed by atoms with Crippen molar-refractivity contribution in [3.8, 4) is 0 Å². The fourth-order valence-corrected chi connectivity index (χ4v) is 7.30. The number of hydrogen-bond donors (Lipinski definition) is 6. The predicted molar refractivity (Wildman–Crippen MR) is 182 cm³/mol. The Balaban J connectivity index is 1.24. The highest BCUT2D eigenvalue weighted by atomic mass is 31.2. The van der Waals surface area contributed by atoms with Crippen LogP contribution < -0.4 is 17.0 Å². The minimum atomic E-state index is -5.13. The maximum Gasteiger partial charge on any atom is 0.472 e. The number of fused-ring (bicyclic) bond motifs is 2. The number of H-pyrrole nitrogens is 1. The summed E-state index contributed by atoms with van der Waals surface area (Å²) in [6, 6.07) is 0. The third kappa shape index (κ3) is 8.79. The highest BCUT2D eigenvalue weighted by Crippen LogP contribution is 2.51. The Morgan fingerprint density at radius 3 is 2.13 bits per heavy atom. The predicted octanol–water partition coefficient (Wildman–Crippen LogP) is -1.32. The van der Waals surface area contributed by atoms with Crippen LogP contribution in [0.4, 0.5) is 11.8 Å². The smallest absolute Gasteiger partial charge is 0.387 e. The maximum atomic E-state index is 13.7. The molecule has 2 aliphatic rings. The second-order valence-corrected chi connectivity index (χ2v) is 15.3. The number of hydrogen-bond acceptors (Lipinski definition) is 20. The van der Waals surface area contributed by atoms with Crippen LogP contribution in [0, 0.1) is 0 Å². The van der Waals surface area contributed by atoms with Gasteiger partial charge in [0.1, 0.15) is 48.5 Å². The number of aromatic nitrogens is 8. The SMILES string of the molecule is COCCO[C@H]1C(O)[C@@H](COP(=O)(O)OC2[C@@H](COP(C)(=O)O)O[C@@H](n3cnc4c(N)ncnc43)[C@H]2OCCOC)O[C@H]1n1cnc2c(=O)[nH]c(N)nc21. The molecular weight excluding hydrogens is 766 g/mol. The van der Waals surface area contributed by atoms with E-state index in [0.29, 0.717) is 0 Å². The number of phosphoric ester groups is 1. The number of rotatable bonds is 18. The summed E-state index contributed by atoms with van der Waals surface area (Å²) in [7, 11) is -6.32. The Morgan fingerprint density at radius 2 is 1.44 bits per heavy atom. The van der Waals surface area contributed by atoms with Gasteiger partial charge in [0.2, 0.25) is 5.95 Å². The number of anilines is 2. The molecule has 2 saturated heterocycles. The van der Waals surface area contributed by atoms with Crippen LogP contribution in [-0.4, -0.2) is 151 Å². The zero-order valence-corrected chi connectivity index (χ0v) is 30.8. The zero-order valence-electron chi connectivity index (χ0n) is 29.0. The van der Waals surface area contributed by atoms with Crippen molar-refractivity contribution in [2.45, 2.75) is 49.1 Å². The van der Waals surface area contributed by atoms with Gasteiger partial charge in [-0.1, -0.05) is 0 Å². The van der Waals surface area contributed by atoms with Crippen LogP contribution in [0.3, 0.4) is 0 Å². The Kier molecular flexibility index (Phi) is 12.4. The minimum Gasteiger partial charge on any atom is -0.387 e. The summed E-state index contributed by atoms with van der Waals surface area (Å²) in [6.45, 7) is -0.164. The van der Waals surface area contributed by atoms with Gasteiger partial charge in [-0.15, -0.1) is 0 Å². The number of imidazole rings is 2. The van der Waals surface area contributed by atoms with Crippen LogP contribution in [-0.2, 0) is 51.1 Å². The van der Waals surface area contributed by atoms with Gasteiger partial charge in [-0.3, -0.25) is 32.5 Å². The summed E-state index contributed by atoms with van der Waals surface area (Å²) in [5, 5.41) is 11.3. The molecule has 2 aliphatic heterocycles. The van der Waals surface area contributed by atoms with Crippen LogP contribution in [0.5, 0.6) is 0 Å². The van der Waals surface area contributed by atoms with E-state index in [1.807, 2.05) is 0 Å². The molecule has 54 heavy (non-hydrogen) atoms. The van der Waals surface area contributed by atoms with E-state index in [4.69, 9.17) is 53.5 Å². The van der Waals surface area contributed by atoms with Crippen LogP contribution in [0.25, 0.3) is 22.3 Å². The van der Waals surface area contributed by atoms with E-state index in [-0.39, 0.29) is 60.5 Å². The lowest BCUT2D eigenvalue weighted by atomic mass is 10.1. The molecule has 27 heteroatoms. The molecule has 25 nitrogen and oxygen atoms in total. The zero-order chi connectivity index (χ0) is 38.8. The third-order valence-corrected chi connectivity index (χ3v) is 9.93. The molecular formula is C27H40N10O15P2. The first-order valence-electron chi connectivity index (χ1n) is 16.2. The summed E-state index contributed by atoms with van der Waals surface area (Å²) in [5.74, 6) is -0.129. The summed E-state index contributed by atoms with van der Waals surface area (Å²) >= 11 is 0. The third-order valence-electron chi connectivity index (χ3n) is 8.32. The van der Waals surface area contributed by atoms with Gasteiger partial charge < -0.3 is 59.3 Å². The van der Waals surface area contributed by atoms with Gasteiger partial charge in [-0.05, 0) is 0 Å². The lowest BCUT2D eigenvalue weighted by Gasteiger charge is -2.27. The van der Waals surface area contributed by atoms with Gasteiger partial charge in [0, 0.05) is 20.9 Å². The topological polar surface area (TPSA) is 337 Å². The number of ether oxygens (including phenoxy) is 6. The normalized spacial score (nSPS) is 28.2. The molecule has 4 unspecified atom stereocenters. The molecule has 0 radical (unpaired) electrons. The standard InChI is InChI=1S/C27H40N10O15P2/c1-44-4-6-46-19-17(38)13(50-25(19)37-12-33-16-23(37)34-27(29)35-24(16)39)8-49-54(42,43)52-18-14(9-48-53(3,40)41)51-26(20(18)47-7-5-45-2)36-11-32-15-21(28)30-10-31-22(15)36/h10-14,17-20,25-26,38H,4-9H2,1-3H3,(H,40,41)(H,42,43)(H2,28,30,31)(H3,29,34,35,39)/t13-,14-,17?,18?,19+,20+,25-,26-/m1/s1. The van der Waals surface area contributed by atoms with E-state index in [9.17, 15) is 28.8 Å². The number of aliphatic hydroxyl groups excluding tert-OH is 1. The highest BCUT2D eigenvalue weighted by Gasteiger charge is 2.52. The number of aromatic amines is 1. The molecule has 2 fully saturated rings. The monoisotopic (exact) mass is 806 g/mol. The van der Waals surface area contributed by atoms with Crippen molar-refractivity contribution < 1.29 is 66.0 Å². The van der Waals surface area contributed by atoms with Crippen molar-refractivity contribution >= 4 is 49.5 Å². The number of nitrogens with two attached hydrogens (primary N) is 2. The molecule has 4 aromatic rings. The first kappa shape index (κ1) is 40.2. The molecule has 10 atom stereocenters. The molecule has 0 aromatic carbocycles. The van der Waals surface area contributed by atoms with Crippen LogP contribution in [0.15, 0.2) is 23.8 Å². The van der Waals surface area contributed by atoms with Crippen molar-refractivity contribution in [2.75, 3.05) is 72.0 Å². The van der Waals surface area contributed by atoms with Gasteiger partial charge in [-0.25, -0.2) is 24.5 Å². The van der Waals surface area contributed by atoms with Crippen molar-refractivity contribution in [2.24, 2.45) is 0 Å². The highest BCUT2D eigenvalue weighted by molar-refractivity contribution is 7.51.